The molecule has 1 atom stereocenters. The number of carbonyl (C=O) groups is 4. The molecule has 0 radical (unpaired) electrons. The molecule has 3 rings (SSSR count). The summed E-state index contributed by atoms with van der Waals surface area (Å²) >= 11 is 7.34. The monoisotopic (exact) mass is 510 g/mol. The van der Waals surface area contributed by atoms with Gasteiger partial charge in [0.25, 0.3) is 11.8 Å². The first kappa shape index (κ1) is 25.6. The van der Waals surface area contributed by atoms with Gasteiger partial charge in [0.1, 0.15) is 24.1 Å². The topological polar surface area (TPSA) is 118 Å². The lowest BCUT2D eigenvalue weighted by Crippen LogP contribution is -2.46. The van der Waals surface area contributed by atoms with E-state index in [0.717, 1.165) is 5.01 Å². The zero-order valence-corrected chi connectivity index (χ0v) is 20.2. The molecule has 2 N–H and O–H groups in total. The van der Waals surface area contributed by atoms with Gasteiger partial charge >= 0.3 is 5.97 Å². The minimum absolute atomic E-state index is 0.0486. The predicted octanol–water partition coefficient (Wildman–Crippen LogP) is 2.36. The maximum absolute atomic E-state index is 14.1. The average Bonchev–Trinajstić information content (AvgIpc) is 3.32. The van der Waals surface area contributed by atoms with Crippen LogP contribution in [0.15, 0.2) is 23.6 Å². The van der Waals surface area contributed by atoms with Crippen LogP contribution in [0.2, 0.25) is 5.02 Å². The van der Waals surface area contributed by atoms with Crippen molar-refractivity contribution in [1.82, 2.24) is 20.5 Å². The number of nitrogens with zero attached hydrogens (tertiary/aromatic N) is 2. The molecule has 0 bridgehead atoms. The molecule has 0 saturated carbocycles. The second-order valence-corrected chi connectivity index (χ2v) is 9.02. The Kier molecular flexibility index (Phi) is 8.56. The molecule has 2 aromatic rings. The fraction of sp³-hybridized carbons (Fsp3) is 0.409. The first-order valence-corrected chi connectivity index (χ1v) is 11.8. The number of hydrogen-bond donors (Lipinski definition) is 2. The van der Waals surface area contributed by atoms with E-state index in [0.29, 0.717) is 25.9 Å². The van der Waals surface area contributed by atoms with Crippen LogP contribution in [-0.2, 0) is 14.3 Å². The fourth-order valence-corrected chi connectivity index (χ4v) is 4.71. The Morgan fingerprint density at radius 1 is 1.29 bits per heavy atom. The molecule has 34 heavy (non-hydrogen) atoms. The van der Waals surface area contributed by atoms with Gasteiger partial charge in [0.2, 0.25) is 5.91 Å². The van der Waals surface area contributed by atoms with Gasteiger partial charge in [0, 0.05) is 24.4 Å². The molecule has 2 heterocycles. The summed E-state index contributed by atoms with van der Waals surface area (Å²) in [6, 6.07) is 3.27. The van der Waals surface area contributed by atoms with Crippen molar-refractivity contribution in [2.45, 2.75) is 31.7 Å². The van der Waals surface area contributed by atoms with Crippen LogP contribution < -0.4 is 10.6 Å². The van der Waals surface area contributed by atoms with Gasteiger partial charge in [0.05, 0.1) is 22.7 Å². The smallest absolute Gasteiger partial charge is 0.325 e. The molecule has 1 saturated heterocycles. The summed E-state index contributed by atoms with van der Waals surface area (Å²) < 4.78 is 18.5. The minimum atomic E-state index is -0.873. The lowest BCUT2D eigenvalue weighted by molar-refractivity contribution is -0.141. The number of esters is 1. The van der Waals surface area contributed by atoms with Crippen LogP contribution in [-0.4, -0.2) is 66.4 Å². The first-order chi connectivity index (χ1) is 16.2. The van der Waals surface area contributed by atoms with E-state index in [9.17, 15) is 23.6 Å². The number of thiazole rings is 1. The zero-order valence-electron chi connectivity index (χ0n) is 18.6. The van der Waals surface area contributed by atoms with E-state index in [1.165, 1.54) is 43.6 Å². The number of methoxy groups -OCH3 is 1. The SMILES string of the molecule is COC(=O)CNC(=O)C(C)NC(=O)c1csc(C2CCN(C(=O)c3c(F)cccc3Cl)CC2)n1. The summed E-state index contributed by atoms with van der Waals surface area (Å²) in [4.78, 5) is 54.3. The Hall–Kier alpha value is -3.05. The molecule has 1 aliphatic heterocycles. The molecule has 1 fully saturated rings. The van der Waals surface area contributed by atoms with E-state index in [1.54, 1.807) is 10.3 Å². The lowest BCUT2D eigenvalue weighted by Gasteiger charge is -2.31. The third kappa shape index (κ3) is 6.09. The van der Waals surface area contributed by atoms with Gasteiger partial charge in [-0.05, 0) is 31.9 Å². The molecular formula is C22H24ClFN4O5S. The number of likely N-dealkylation sites (tertiary alicyclic amines) is 1. The van der Waals surface area contributed by atoms with E-state index in [4.69, 9.17) is 11.6 Å². The Morgan fingerprint density at radius 2 is 2.00 bits per heavy atom. The molecule has 1 aromatic carbocycles. The standard InChI is InChI=1S/C22H24ClFN4O5S/c1-12(19(30)25-10-17(29)33-2)26-20(31)16-11-34-21(27-16)13-6-8-28(9-7-13)22(32)18-14(23)4-3-5-15(18)24/h3-5,11-13H,6-10H2,1-2H3,(H,25,30)(H,26,31). The number of carbonyl (C=O) groups excluding carboxylic acids is 4. The molecule has 0 aliphatic carbocycles. The second-order valence-electron chi connectivity index (χ2n) is 7.72. The highest BCUT2D eigenvalue weighted by Crippen LogP contribution is 2.31. The summed E-state index contributed by atoms with van der Waals surface area (Å²) in [5.41, 5.74) is 0.0600. The van der Waals surface area contributed by atoms with Crippen molar-refractivity contribution in [3.8, 4) is 0 Å². The van der Waals surface area contributed by atoms with Crippen molar-refractivity contribution in [2.24, 2.45) is 0 Å². The van der Waals surface area contributed by atoms with Gasteiger partial charge in [-0.3, -0.25) is 19.2 Å². The van der Waals surface area contributed by atoms with Crippen LogP contribution >= 0.6 is 22.9 Å². The molecule has 3 amide bonds. The normalized spacial score (nSPS) is 14.9. The highest BCUT2D eigenvalue weighted by atomic mass is 35.5. The summed E-state index contributed by atoms with van der Waals surface area (Å²) in [6.45, 7) is 2.02. The molecular weight excluding hydrogens is 487 g/mol. The van der Waals surface area contributed by atoms with Crippen LogP contribution in [0.4, 0.5) is 4.39 Å². The van der Waals surface area contributed by atoms with E-state index in [1.807, 2.05) is 0 Å². The Bertz CT molecular complexity index is 1070. The van der Waals surface area contributed by atoms with Gasteiger partial charge in [-0.2, -0.15) is 0 Å². The second kappa shape index (κ2) is 11.4. The Morgan fingerprint density at radius 3 is 2.65 bits per heavy atom. The van der Waals surface area contributed by atoms with Crippen LogP contribution in [0, 0.1) is 5.82 Å². The average molecular weight is 511 g/mol. The van der Waals surface area contributed by atoms with Gasteiger partial charge in [0.15, 0.2) is 0 Å². The molecule has 0 spiro atoms. The quantitative estimate of drug-likeness (QED) is 0.552. The maximum Gasteiger partial charge on any atom is 0.325 e. The van der Waals surface area contributed by atoms with E-state index < -0.39 is 35.5 Å². The highest BCUT2D eigenvalue weighted by Gasteiger charge is 2.29. The number of ether oxygens (including phenoxy) is 1. The van der Waals surface area contributed by atoms with E-state index in [-0.39, 0.29) is 28.7 Å². The van der Waals surface area contributed by atoms with Crippen molar-refractivity contribution >= 4 is 46.6 Å². The number of halogens is 2. The van der Waals surface area contributed by atoms with Crippen LogP contribution in [0.5, 0.6) is 0 Å². The number of nitrogens with one attached hydrogen (secondary N) is 2. The van der Waals surface area contributed by atoms with Crippen LogP contribution in [0.1, 0.15) is 51.5 Å². The molecule has 9 nitrogen and oxygen atoms in total. The molecule has 1 unspecified atom stereocenters. The zero-order chi connectivity index (χ0) is 24.8. The van der Waals surface area contributed by atoms with Gasteiger partial charge in [-0.1, -0.05) is 17.7 Å². The summed E-state index contributed by atoms with van der Waals surface area (Å²) in [7, 11) is 1.21. The number of amides is 3. The number of piperidine rings is 1. The third-order valence-corrected chi connectivity index (χ3v) is 6.76. The van der Waals surface area contributed by atoms with Crippen LogP contribution in [0.25, 0.3) is 0 Å². The first-order valence-electron chi connectivity index (χ1n) is 10.5. The number of benzene rings is 1. The van der Waals surface area contributed by atoms with Crippen molar-refractivity contribution in [3.05, 3.63) is 50.7 Å². The predicted molar refractivity (Wildman–Crippen MR) is 123 cm³/mol. The number of rotatable bonds is 7. The Labute approximate surface area is 204 Å². The third-order valence-electron chi connectivity index (χ3n) is 5.44. The van der Waals surface area contributed by atoms with Crippen molar-refractivity contribution in [2.75, 3.05) is 26.7 Å². The summed E-state index contributed by atoms with van der Waals surface area (Å²) in [6.07, 6.45) is 1.22. The van der Waals surface area contributed by atoms with Gasteiger partial charge < -0.3 is 20.3 Å². The maximum atomic E-state index is 14.1. The number of aromatic nitrogens is 1. The van der Waals surface area contributed by atoms with E-state index in [2.05, 4.69) is 20.4 Å². The van der Waals surface area contributed by atoms with Crippen molar-refractivity contribution in [1.29, 1.82) is 0 Å². The fourth-order valence-electron chi connectivity index (χ4n) is 3.49. The molecule has 182 valence electrons. The minimum Gasteiger partial charge on any atom is -0.468 e. The molecule has 1 aromatic heterocycles. The highest BCUT2D eigenvalue weighted by molar-refractivity contribution is 7.09. The Balaban J connectivity index is 1.54. The lowest BCUT2D eigenvalue weighted by atomic mass is 9.97. The van der Waals surface area contributed by atoms with Crippen LogP contribution in [0.3, 0.4) is 0 Å². The van der Waals surface area contributed by atoms with Crippen molar-refractivity contribution in [3.63, 3.8) is 0 Å². The van der Waals surface area contributed by atoms with Gasteiger partial charge in [-0.15, -0.1) is 11.3 Å². The van der Waals surface area contributed by atoms with E-state index >= 15 is 0 Å². The summed E-state index contributed by atoms with van der Waals surface area (Å²) in [5, 5.41) is 7.36. The largest absolute Gasteiger partial charge is 0.468 e. The molecule has 12 heteroatoms. The summed E-state index contributed by atoms with van der Waals surface area (Å²) in [5.74, 6) is -2.68. The van der Waals surface area contributed by atoms with Crippen molar-refractivity contribution < 1.29 is 28.3 Å². The van der Waals surface area contributed by atoms with Gasteiger partial charge in [-0.25, -0.2) is 9.37 Å². The number of hydrogen-bond acceptors (Lipinski definition) is 7. The molecule has 1 aliphatic rings.